The number of aliphatic hydroxyl groups excluding tert-OH is 1. The molecular weight excluding hydrogens is 418 g/mol. The number of anilines is 1. The number of amides is 2. The van der Waals surface area contributed by atoms with Crippen molar-refractivity contribution in [2.24, 2.45) is 5.92 Å². The molecule has 1 aliphatic heterocycles. The Labute approximate surface area is 194 Å². The number of hydrogen-bond donors (Lipinski definition) is 4. The van der Waals surface area contributed by atoms with Crippen molar-refractivity contribution in [1.29, 1.82) is 0 Å². The largest absolute Gasteiger partial charge is 0.374 e. The third-order valence-electron chi connectivity index (χ3n) is 6.75. The molecule has 2 heterocycles. The van der Waals surface area contributed by atoms with Crippen LogP contribution in [0.3, 0.4) is 0 Å². The van der Waals surface area contributed by atoms with Crippen molar-refractivity contribution in [1.82, 2.24) is 20.6 Å². The summed E-state index contributed by atoms with van der Waals surface area (Å²) < 4.78 is 0. The highest BCUT2D eigenvalue weighted by molar-refractivity contribution is 5.91. The maximum atomic E-state index is 12.9. The van der Waals surface area contributed by atoms with Gasteiger partial charge in [-0.1, -0.05) is 32.4 Å². The van der Waals surface area contributed by atoms with Gasteiger partial charge in [-0.15, -0.1) is 0 Å². The van der Waals surface area contributed by atoms with Gasteiger partial charge in [0.1, 0.15) is 6.23 Å². The van der Waals surface area contributed by atoms with Crippen LogP contribution in [-0.4, -0.2) is 39.5 Å². The lowest BCUT2D eigenvalue weighted by atomic mass is 9.77. The Hall–Kier alpha value is -2.84. The molecule has 33 heavy (non-hydrogen) atoms. The summed E-state index contributed by atoms with van der Waals surface area (Å²) in [4.78, 5) is 33.3. The van der Waals surface area contributed by atoms with Gasteiger partial charge in [0.25, 0.3) is 0 Å². The van der Waals surface area contributed by atoms with E-state index in [2.05, 4.69) is 45.8 Å². The molecule has 4 N–H and O–H groups in total. The van der Waals surface area contributed by atoms with E-state index in [0.717, 1.165) is 47.2 Å². The lowest BCUT2D eigenvalue weighted by molar-refractivity contribution is -0.123. The Morgan fingerprint density at radius 3 is 2.79 bits per heavy atom. The zero-order valence-electron chi connectivity index (χ0n) is 19.7. The highest BCUT2D eigenvalue weighted by atomic mass is 16.3. The second-order valence-corrected chi connectivity index (χ2v) is 9.94. The maximum Gasteiger partial charge on any atom is 0.229 e. The van der Waals surface area contributed by atoms with Crippen LogP contribution < -0.4 is 16.0 Å². The number of nitrogens with one attached hydrogen (secondary N) is 3. The molecule has 1 aliphatic carbocycles. The fourth-order valence-corrected chi connectivity index (χ4v) is 4.94. The first-order valence-electron chi connectivity index (χ1n) is 11.6. The summed E-state index contributed by atoms with van der Waals surface area (Å²) in [5.41, 5.74) is 4.42. The van der Waals surface area contributed by atoms with Gasteiger partial charge < -0.3 is 10.4 Å². The molecule has 4 rings (SSSR count). The predicted octanol–water partition coefficient (Wildman–Crippen LogP) is 2.96. The molecule has 2 aliphatic rings. The number of benzene rings is 1. The van der Waals surface area contributed by atoms with Gasteiger partial charge in [-0.2, -0.15) is 0 Å². The molecule has 0 bridgehead atoms. The number of aromatic nitrogens is 2. The van der Waals surface area contributed by atoms with Crippen LogP contribution in [0, 0.1) is 12.8 Å². The molecule has 2 amide bonds. The molecule has 2 aromatic rings. The van der Waals surface area contributed by atoms with Crippen molar-refractivity contribution in [3.8, 4) is 11.3 Å². The Kier molecular flexibility index (Phi) is 6.50. The first-order valence-corrected chi connectivity index (χ1v) is 11.6. The topological polar surface area (TPSA) is 116 Å². The van der Waals surface area contributed by atoms with Crippen molar-refractivity contribution >= 4 is 17.8 Å². The molecule has 0 spiro atoms. The van der Waals surface area contributed by atoms with Crippen LogP contribution in [0.5, 0.6) is 0 Å². The van der Waals surface area contributed by atoms with E-state index >= 15 is 0 Å². The first-order chi connectivity index (χ1) is 15.6. The van der Waals surface area contributed by atoms with E-state index in [0.29, 0.717) is 13.0 Å². The highest BCUT2D eigenvalue weighted by Gasteiger charge is 2.32. The molecule has 1 unspecified atom stereocenters. The normalized spacial score (nSPS) is 24.0. The van der Waals surface area contributed by atoms with Gasteiger partial charge in [0, 0.05) is 42.6 Å². The SMILES string of the molecule is CC(=O)N[C@@H]1CCC[C@H](C(=O)Nc2ncc(C)c(-c3ccc4c(c3)C(C)(C)CNC4O)n2)C1. The fourth-order valence-electron chi connectivity index (χ4n) is 4.94. The molecule has 1 saturated carbocycles. The molecule has 176 valence electrons. The number of hydrogen-bond acceptors (Lipinski definition) is 6. The number of aliphatic hydroxyl groups is 1. The van der Waals surface area contributed by atoms with Crippen LogP contribution in [0.15, 0.2) is 24.4 Å². The molecule has 1 fully saturated rings. The fraction of sp³-hybridized carbons (Fsp3) is 0.520. The van der Waals surface area contributed by atoms with E-state index in [9.17, 15) is 14.7 Å². The smallest absolute Gasteiger partial charge is 0.229 e. The summed E-state index contributed by atoms with van der Waals surface area (Å²) in [6, 6.07) is 6.00. The zero-order chi connectivity index (χ0) is 23.8. The quantitative estimate of drug-likeness (QED) is 0.568. The van der Waals surface area contributed by atoms with E-state index in [1.807, 2.05) is 19.1 Å². The number of fused-ring (bicyclic) bond motifs is 1. The third-order valence-corrected chi connectivity index (χ3v) is 6.75. The molecular formula is C25H33N5O3. The number of carbonyl (C=O) groups excluding carboxylic acids is 2. The van der Waals surface area contributed by atoms with E-state index in [4.69, 9.17) is 0 Å². The average molecular weight is 452 g/mol. The molecule has 8 heteroatoms. The number of carbonyl (C=O) groups is 2. The van der Waals surface area contributed by atoms with E-state index in [1.54, 1.807) is 6.20 Å². The monoisotopic (exact) mass is 451 g/mol. The van der Waals surface area contributed by atoms with Gasteiger partial charge in [0.2, 0.25) is 17.8 Å². The Bertz CT molecular complexity index is 1070. The van der Waals surface area contributed by atoms with Gasteiger partial charge >= 0.3 is 0 Å². The standard InChI is InChI=1S/C25H33N5O3/c1-14-12-26-24(30-22(32)17-6-5-7-18(10-17)28-15(2)31)29-21(14)16-8-9-19-20(11-16)25(3,4)13-27-23(19)33/h8-9,11-12,17-18,23,27,33H,5-7,10,13H2,1-4H3,(H,28,31)(H,26,29,30,32)/t17-,18+,23?/m0/s1. The first kappa shape index (κ1) is 23.3. The molecule has 3 atom stereocenters. The Morgan fingerprint density at radius 2 is 2.03 bits per heavy atom. The predicted molar refractivity (Wildman–Crippen MR) is 126 cm³/mol. The van der Waals surface area contributed by atoms with Crippen molar-refractivity contribution < 1.29 is 14.7 Å². The second kappa shape index (κ2) is 9.19. The minimum atomic E-state index is -0.680. The number of aryl methyl sites for hydroxylation is 1. The van der Waals surface area contributed by atoms with E-state index < -0.39 is 6.23 Å². The zero-order valence-corrected chi connectivity index (χ0v) is 19.7. The minimum Gasteiger partial charge on any atom is -0.374 e. The van der Waals surface area contributed by atoms with E-state index in [1.165, 1.54) is 6.92 Å². The molecule has 1 aromatic heterocycles. The van der Waals surface area contributed by atoms with Gasteiger partial charge in [0.15, 0.2) is 0 Å². The molecule has 0 radical (unpaired) electrons. The van der Waals surface area contributed by atoms with Crippen LogP contribution in [0.2, 0.25) is 0 Å². The van der Waals surface area contributed by atoms with E-state index in [-0.39, 0.29) is 35.1 Å². The summed E-state index contributed by atoms with van der Waals surface area (Å²) in [6.45, 7) is 8.41. The van der Waals surface area contributed by atoms with Crippen LogP contribution in [0.1, 0.15) is 69.4 Å². The van der Waals surface area contributed by atoms with Crippen LogP contribution in [0.25, 0.3) is 11.3 Å². The summed E-state index contributed by atoms with van der Waals surface area (Å²) >= 11 is 0. The van der Waals surface area contributed by atoms with Gasteiger partial charge in [-0.25, -0.2) is 9.97 Å². The Morgan fingerprint density at radius 1 is 1.24 bits per heavy atom. The van der Waals surface area contributed by atoms with Crippen molar-refractivity contribution in [2.75, 3.05) is 11.9 Å². The lowest BCUT2D eigenvalue weighted by Crippen LogP contribution is -2.41. The summed E-state index contributed by atoms with van der Waals surface area (Å²) in [5, 5.41) is 19.3. The van der Waals surface area contributed by atoms with Crippen molar-refractivity contribution in [3.05, 3.63) is 41.1 Å². The van der Waals surface area contributed by atoms with Crippen molar-refractivity contribution in [2.45, 2.75) is 71.1 Å². The molecule has 0 saturated heterocycles. The van der Waals surface area contributed by atoms with Crippen LogP contribution in [-0.2, 0) is 15.0 Å². The van der Waals surface area contributed by atoms with Crippen LogP contribution >= 0.6 is 0 Å². The van der Waals surface area contributed by atoms with Gasteiger partial charge in [-0.3, -0.25) is 20.2 Å². The summed E-state index contributed by atoms with van der Waals surface area (Å²) in [6.07, 6.45) is 4.25. The minimum absolute atomic E-state index is 0.0326. The molecule has 1 aromatic carbocycles. The third kappa shape index (κ3) is 5.07. The average Bonchev–Trinajstić information content (AvgIpc) is 2.77. The Balaban J connectivity index is 1.55. The second-order valence-electron chi connectivity index (χ2n) is 9.94. The summed E-state index contributed by atoms with van der Waals surface area (Å²) in [5.74, 6) is -0.0758. The summed E-state index contributed by atoms with van der Waals surface area (Å²) in [7, 11) is 0. The van der Waals surface area contributed by atoms with Gasteiger partial charge in [0.05, 0.1) is 5.69 Å². The van der Waals surface area contributed by atoms with Crippen LogP contribution in [0.4, 0.5) is 5.95 Å². The van der Waals surface area contributed by atoms with Gasteiger partial charge in [-0.05, 0) is 48.9 Å². The van der Waals surface area contributed by atoms with Crippen molar-refractivity contribution in [3.63, 3.8) is 0 Å². The molecule has 8 nitrogen and oxygen atoms in total. The lowest BCUT2D eigenvalue weighted by Gasteiger charge is -2.36. The highest BCUT2D eigenvalue weighted by Crippen LogP contribution is 2.36. The maximum absolute atomic E-state index is 12.9. The number of rotatable bonds is 4. The number of nitrogens with zero attached hydrogens (tertiary/aromatic N) is 2.